The predicted octanol–water partition coefficient (Wildman–Crippen LogP) is 1.65. The van der Waals surface area contributed by atoms with Crippen molar-refractivity contribution in [3.05, 3.63) is 0 Å². The monoisotopic (exact) mass is 227 g/mol. The number of rotatable bonds is 3. The van der Waals surface area contributed by atoms with E-state index in [4.69, 9.17) is 5.73 Å². The average Bonchev–Trinajstić information content (AvgIpc) is 2.53. The molecule has 1 aliphatic heterocycles. The molecule has 0 atom stereocenters. The molecule has 0 unspecified atom stereocenters. The largest absolute Gasteiger partial charge is 0.329 e. The van der Waals surface area contributed by atoms with Crippen molar-refractivity contribution in [2.75, 3.05) is 26.2 Å². The Morgan fingerprint density at radius 2 is 1.81 bits per heavy atom. The normalized spacial score (nSPS) is 17.4. The second-order valence-electron chi connectivity index (χ2n) is 4.76. The van der Waals surface area contributed by atoms with Crippen molar-refractivity contribution in [1.82, 2.24) is 9.80 Å². The molecule has 94 valence electrons. The van der Waals surface area contributed by atoms with Crippen LogP contribution in [0.4, 0.5) is 4.79 Å². The molecule has 16 heavy (non-hydrogen) atoms. The van der Waals surface area contributed by atoms with Gasteiger partial charge in [0.2, 0.25) is 0 Å². The molecular weight excluding hydrogens is 202 g/mol. The van der Waals surface area contributed by atoms with Crippen molar-refractivity contribution in [1.29, 1.82) is 0 Å². The number of hydrogen-bond donors (Lipinski definition) is 1. The summed E-state index contributed by atoms with van der Waals surface area (Å²) in [5, 5.41) is 0. The van der Waals surface area contributed by atoms with Crippen molar-refractivity contribution in [3.8, 4) is 0 Å². The van der Waals surface area contributed by atoms with Gasteiger partial charge in [0.05, 0.1) is 0 Å². The highest BCUT2D eigenvalue weighted by atomic mass is 16.2. The first-order valence-electron chi connectivity index (χ1n) is 6.42. The summed E-state index contributed by atoms with van der Waals surface area (Å²) in [6.45, 7) is 7.11. The van der Waals surface area contributed by atoms with Crippen LogP contribution in [0.15, 0.2) is 0 Å². The Labute approximate surface area is 98.8 Å². The fourth-order valence-corrected chi connectivity index (χ4v) is 2.16. The fourth-order valence-electron chi connectivity index (χ4n) is 2.16. The number of amides is 2. The maximum absolute atomic E-state index is 12.3. The minimum atomic E-state index is 0.169. The molecule has 1 saturated heterocycles. The second-order valence-corrected chi connectivity index (χ2v) is 4.76. The van der Waals surface area contributed by atoms with E-state index in [1.165, 1.54) is 12.8 Å². The van der Waals surface area contributed by atoms with Crippen LogP contribution in [0.2, 0.25) is 0 Å². The fraction of sp³-hybridized carbons (Fsp3) is 0.917. The summed E-state index contributed by atoms with van der Waals surface area (Å²) in [6.07, 6.45) is 4.78. The van der Waals surface area contributed by atoms with Crippen LogP contribution < -0.4 is 5.73 Å². The minimum absolute atomic E-state index is 0.169. The van der Waals surface area contributed by atoms with E-state index in [9.17, 15) is 4.79 Å². The zero-order chi connectivity index (χ0) is 12.0. The minimum Gasteiger partial charge on any atom is -0.329 e. The van der Waals surface area contributed by atoms with Gasteiger partial charge in [-0.1, -0.05) is 12.8 Å². The third kappa shape index (κ3) is 3.67. The van der Waals surface area contributed by atoms with Crippen LogP contribution >= 0.6 is 0 Å². The van der Waals surface area contributed by atoms with Gasteiger partial charge in [0.1, 0.15) is 0 Å². The summed E-state index contributed by atoms with van der Waals surface area (Å²) < 4.78 is 0. The van der Waals surface area contributed by atoms with Crippen LogP contribution in [0.1, 0.15) is 39.5 Å². The molecule has 1 aliphatic rings. The molecule has 4 nitrogen and oxygen atoms in total. The molecule has 0 aliphatic carbocycles. The Morgan fingerprint density at radius 3 is 2.25 bits per heavy atom. The SMILES string of the molecule is CC(C)N(CCN)C(=O)N1CCCCCC1. The molecule has 1 rings (SSSR count). The molecule has 4 heteroatoms. The van der Waals surface area contributed by atoms with E-state index in [-0.39, 0.29) is 12.1 Å². The molecule has 1 fully saturated rings. The Bertz CT molecular complexity index is 210. The molecule has 0 aromatic heterocycles. The van der Waals surface area contributed by atoms with Crippen molar-refractivity contribution >= 4 is 6.03 Å². The van der Waals surface area contributed by atoms with Gasteiger partial charge >= 0.3 is 6.03 Å². The van der Waals surface area contributed by atoms with E-state index >= 15 is 0 Å². The van der Waals surface area contributed by atoms with Gasteiger partial charge in [0.25, 0.3) is 0 Å². The number of likely N-dealkylation sites (tertiary alicyclic amines) is 1. The van der Waals surface area contributed by atoms with Crippen molar-refractivity contribution < 1.29 is 4.79 Å². The lowest BCUT2D eigenvalue weighted by atomic mass is 10.2. The third-order valence-electron chi connectivity index (χ3n) is 3.12. The molecule has 1 heterocycles. The van der Waals surface area contributed by atoms with Crippen LogP contribution in [0.25, 0.3) is 0 Å². The number of carbonyl (C=O) groups excluding carboxylic acids is 1. The van der Waals surface area contributed by atoms with E-state index < -0.39 is 0 Å². The molecule has 0 bridgehead atoms. The molecular formula is C12H25N3O. The molecule has 0 aromatic rings. The van der Waals surface area contributed by atoms with E-state index in [1.807, 2.05) is 23.6 Å². The average molecular weight is 227 g/mol. The Morgan fingerprint density at radius 1 is 1.25 bits per heavy atom. The van der Waals surface area contributed by atoms with Crippen LogP contribution in [-0.2, 0) is 0 Å². The summed E-state index contributed by atoms with van der Waals surface area (Å²) in [7, 11) is 0. The highest BCUT2D eigenvalue weighted by Crippen LogP contribution is 2.12. The molecule has 0 aromatic carbocycles. The van der Waals surface area contributed by atoms with Crippen molar-refractivity contribution in [3.63, 3.8) is 0 Å². The van der Waals surface area contributed by atoms with Gasteiger partial charge < -0.3 is 15.5 Å². The number of hydrogen-bond acceptors (Lipinski definition) is 2. The standard InChI is InChI=1S/C12H25N3O/c1-11(2)15(10-7-13)12(16)14-8-5-3-4-6-9-14/h11H,3-10,13H2,1-2H3. The van der Waals surface area contributed by atoms with Gasteiger partial charge in [-0.05, 0) is 26.7 Å². The van der Waals surface area contributed by atoms with E-state index in [0.29, 0.717) is 13.1 Å². The Hall–Kier alpha value is -0.770. The lowest BCUT2D eigenvalue weighted by molar-refractivity contribution is 0.143. The lowest BCUT2D eigenvalue weighted by Gasteiger charge is -2.32. The first-order chi connectivity index (χ1) is 7.66. The van der Waals surface area contributed by atoms with Gasteiger partial charge in [0.15, 0.2) is 0 Å². The summed E-state index contributed by atoms with van der Waals surface area (Å²) in [4.78, 5) is 16.1. The summed E-state index contributed by atoms with van der Waals surface area (Å²) in [6, 6.07) is 0.404. The number of nitrogens with zero attached hydrogens (tertiary/aromatic N) is 2. The van der Waals surface area contributed by atoms with Gasteiger partial charge in [-0.3, -0.25) is 0 Å². The maximum atomic E-state index is 12.3. The zero-order valence-electron chi connectivity index (χ0n) is 10.6. The predicted molar refractivity (Wildman–Crippen MR) is 66.3 cm³/mol. The van der Waals surface area contributed by atoms with Gasteiger partial charge in [0, 0.05) is 32.2 Å². The van der Waals surface area contributed by atoms with E-state index in [2.05, 4.69) is 0 Å². The lowest BCUT2D eigenvalue weighted by Crippen LogP contribution is -2.48. The van der Waals surface area contributed by atoms with Crippen LogP contribution in [0, 0.1) is 0 Å². The summed E-state index contributed by atoms with van der Waals surface area (Å²) in [5.41, 5.74) is 5.55. The van der Waals surface area contributed by atoms with Crippen molar-refractivity contribution in [2.45, 2.75) is 45.6 Å². The quantitative estimate of drug-likeness (QED) is 0.797. The topological polar surface area (TPSA) is 49.6 Å². The zero-order valence-corrected chi connectivity index (χ0v) is 10.6. The van der Waals surface area contributed by atoms with Gasteiger partial charge in [-0.2, -0.15) is 0 Å². The molecule has 0 radical (unpaired) electrons. The van der Waals surface area contributed by atoms with Gasteiger partial charge in [-0.15, -0.1) is 0 Å². The molecule has 2 amide bonds. The number of urea groups is 1. The second kappa shape index (κ2) is 6.74. The van der Waals surface area contributed by atoms with Crippen LogP contribution in [0.5, 0.6) is 0 Å². The van der Waals surface area contributed by atoms with E-state index in [0.717, 1.165) is 25.9 Å². The highest BCUT2D eigenvalue weighted by molar-refractivity contribution is 5.74. The van der Waals surface area contributed by atoms with Crippen molar-refractivity contribution in [2.24, 2.45) is 5.73 Å². The summed E-state index contributed by atoms with van der Waals surface area (Å²) >= 11 is 0. The number of nitrogens with two attached hydrogens (primary N) is 1. The molecule has 0 spiro atoms. The first-order valence-corrected chi connectivity index (χ1v) is 6.42. The Balaban J connectivity index is 2.57. The summed E-state index contributed by atoms with van der Waals surface area (Å²) in [5.74, 6) is 0. The first kappa shape index (κ1) is 13.3. The number of carbonyl (C=O) groups is 1. The van der Waals surface area contributed by atoms with Crippen LogP contribution in [0.3, 0.4) is 0 Å². The smallest absolute Gasteiger partial charge is 0.320 e. The molecule has 0 saturated carbocycles. The molecule has 2 N–H and O–H groups in total. The maximum Gasteiger partial charge on any atom is 0.320 e. The van der Waals surface area contributed by atoms with E-state index in [1.54, 1.807) is 0 Å². The van der Waals surface area contributed by atoms with Crippen LogP contribution in [-0.4, -0.2) is 48.1 Å². The van der Waals surface area contributed by atoms with Gasteiger partial charge in [-0.25, -0.2) is 4.79 Å². The Kier molecular flexibility index (Phi) is 5.60. The highest BCUT2D eigenvalue weighted by Gasteiger charge is 2.22. The third-order valence-corrected chi connectivity index (χ3v) is 3.12.